The van der Waals surface area contributed by atoms with Gasteiger partial charge in [0.15, 0.2) is 0 Å². The molecule has 0 spiro atoms. The first kappa shape index (κ1) is 17.7. The molecule has 29 heavy (non-hydrogen) atoms. The molecule has 0 fully saturated rings. The van der Waals surface area contributed by atoms with E-state index in [1.54, 1.807) is 22.2 Å². The molecule has 0 aliphatic carbocycles. The highest BCUT2D eigenvalue weighted by Crippen LogP contribution is 2.26. The molecule has 0 aliphatic rings. The van der Waals surface area contributed by atoms with Gasteiger partial charge in [-0.15, -0.1) is 11.3 Å². The lowest BCUT2D eigenvalue weighted by atomic mass is 10.1. The third-order valence-corrected chi connectivity index (χ3v) is 6.11. The van der Waals surface area contributed by atoms with Crippen LogP contribution in [-0.2, 0) is 13.0 Å². The van der Waals surface area contributed by atoms with Crippen LogP contribution in [0.5, 0.6) is 0 Å². The number of aryl methyl sites for hydroxylation is 1. The normalized spacial score (nSPS) is 11.3. The molecular formula is C23H18N4OS. The molecule has 5 nitrogen and oxygen atoms in total. The van der Waals surface area contributed by atoms with Crippen LogP contribution in [0.4, 0.5) is 0 Å². The summed E-state index contributed by atoms with van der Waals surface area (Å²) in [4.78, 5) is 28.9. The van der Waals surface area contributed by atoms with Gasteiger partial charge in [-0.2, -0.15) is 0 Å². The first-order valence-corrected chi connectivity index (χ1v) is 10.3. The van der Waals surface area contributed by atoms with Gasteiger partial charge in [0, 0.05) is 15.8 Å². The first-order chi connectivity index (χ1) is 14.2. The maximum absolute atomic E-state index is 13.0. The summed E-state index contributed by atoms with van der Waals surface area (Å²) >= 11 is 1.57. The highest BCUT2D eigenvalue weighted by atomic mass is 32.1. The van der Waals surface area contributed by atoms with Crippen LogP contribution in [0.1, 0.15) is 17.6 Å². The van der Waals surface area contributed by atoms with Gasteiger partial charge in [-0.1, -0.05) is 55.5 Å². The largest absolute Gasteiger partial charge is 0.291 e. The van der Waals surface area contributed by atoms with Crippen LogP contribution in [0.2, 0.25) is 0 Å². The molecule has 0 unspecified atom stereocenters. The predicted octanol–water partition coefficient (Wildman–Crippen LogP) is 4.68. The Labute approximate surface area is 171 Å². The molecule has 5 rings (SSSR count). The van der Waals surface area contributed by atoms with Crippen molar-refractivity contribution in [2.24, 2.45) is 0 Å². The van der Waals surface area contributed by atoms with Crippen molar-refractivity contribution in [2.75, 3.05) is 0 Å². The van der Waals surface area contributed by atoms with Crippen molar-refractivity contribution in [1.82, 2.24) is 19.5 Å². The highest BCUT2D eigenvalue weighted by Gasteiger charge is 2.13. The molecule has 0 amide bonds. The summed E-state index contributed by atoms with van der Waals surface area (Å²) < 4.78 is 1.59. The number of hydrogen-bond acceptors (Lipinski definition) is 5. The van der Waals surface area contributed by atoms with E-state index in [0.29, 0.717) is 11.2 Å². The zero-order chi connectivity index (χ0) is 19.8. The zero-order valence-electron chi connectivity index (χ0n) is 15.9. The second-order valence-corrected chi connectivity index (χ2v) is 7.95. The van der Waals surface area contributed by atoms with Gasteiger partial charge in [-0.3, -0.25) is 9.36 Å². The summed E-state index contributed by atoms with van der Waals surface area (Å²) in [5.74, 6) is 0.594. The van der Waals surface area contributed by atoms with Crippen LogP contribution < -0.4 is 5.56 Å². The van der Waals surface area contributed by atoms with Crippen molar-refractivity contribution >= 4 is 32.5 Å². The minimum absolute atomic E-state index is 0.0519. The fourth-order valence-electron chi connectivity index (χ4n) is 3.46. The quantitative estimate of drug-likeness (QED) is 0.441. The molecule has 0 aliphatic heterocycles. The average Bonchev–Trinajstić information content (AvgIpc) is 3.20. The molecule has 0 atom stereocenters. The summed E-state index contributed by atoms with van der Waals surface area (Å²) in [6, 6.07) is 20.0. The molecule has 0 radical (unpaired) electrons. The first-order valence-electron chi connectivity index (χ1n) is 9.52. The van der Waals surface area contributed by atoms with Crippen LogP contribution >= 0.6 is 11.3 Å². The number of rotatable bonds is 4. The Morgan fingerprint density at radius 3 is 2.59 bits per heavy atom. The number of fused-ring (bicyclic) bond motifs is 2. The van der Waals surface area contributed by atoms with Gasteiger partial charge in [0.05, 0.1) is 29.5 Å². The van der Waals surface area contributed by atoms with Crippen molar-refractivity contribution in [1.29, 1.82) is 0 Å². The maximum atomic E-state index is 13.0. The van der Waals surface area contributed by atoms with E-state index in [0.717, 1.165) is 38.3 Å². The summed E-state index contributed by atoms with van der Waals surface area (Å²) in [7, 11) is 0. The second kappa shape index (κ2) is 7.22. The van der Waals surface area contributed by atoms with Gasteiger partial charge in [0.25, 0.3) is 5.56 Å². The minimum atomic E-state index is -0.0519. The SMILES string of the molecule is CCc1cc2c(=O)n(Cc3nc(-c4ccccc4)c4ccccc4n3)cnc2s1. The van der Waals surface area contributed by atoms with Gasteiger partial charge in [-0.05, 0) is 18.6 Å². The zero-order valence-corrected chi connectivity index (χ0v) is 16.7. The van der Waals surface area contributed by atoms with Gasteiger partial charge in [-0.25, -0.2) is 15.0 Å². The van der Waals surface area contributed by atoms with Crippen LogP contribution in [0.15, 0.2) is 71.8 Å². The summed E-state index contributed by atoms with van der Waals surface area (Å²) in [6.45, 7) is 2.36. The highest BCUT2D eigenvalue weighted by molar-refractivity contribution is 7.18. The van der Waals surface area contributed by atoms with E-state index in [1.807, 2.05) is 60.7 Å². The number of aromatic nitrogens is 4. The fourth-order valence-corrected chi connectivity index (χ4v) is 4.39. The molecule has 6 heteroatoms. The van der Waals surface area contributed by atoms with E-state index in [2.05, 4.69) is 11.9 Å². The van der Waals surface area contributed by atoms with Crippen molar-refractivity contribution in [3.8, 4) is 11.3 Å². The van der Waals surface area contributed by atoms with E-state index in [-0.39, 0.29) is 12.1 Å². The van der Waals surface area contributed by atoms with Crippen LogP contribution in [-0.4, -0.2) is 19.5 Å². The van der Waals surface area contributed by atoms with E-state index in [9.17, 15) is 4.79 Å². The van der Waals surface area contributed by atoms with Crippen molar-refractivity contribution < 1.29 is 0 Å². The number of hydrogen-bond donors (Lipinski definition) is 0. The van der Waals surface area contributed by atoms with Crippen LogP contribution in [0.25, 0.3) is 32.4 Å². The third-order valence-electron chi connectivity index (χ3n) is 4.93. The maximum Gasteiger partial charge on any atom is 0.262 e. The molecule has 3 aromatic heterocycles. The molecule has 0 bridgehead atoms. The number of thiophene rings is 1. The lowest BCUT2D eigenvalue weighted by Gasteiger charge is -2.10. The molecule has 3 heterocycles. The van der Waals surface area contributed by atoms with E-state index < -0.39 is 0 Å². The number of nitrogens with zero attached hydrogens (tertiary/aromatic N) is 4. The van der Waals surface area contributed by atoms with Crippen molar-refractivity contribution in [3.05, 3.63) is 88.0 Å². The molecule has 2 aromatic carbocycles. The summed E-state index contributed by atoms with van der Waals surface area (Å²) in [5.41, 5.74) is 2.71. The standard InChI is InChI=1S/C23H18N4OS/c1-2-16-12-18-22(29-16)24-14-27(23(18)28)13-20-25-19-11-7-6-10-17(19)21(26-20)15-8-4-3-5-9-15/h3-12,14H,2,13H2,1H3. The Morgan fingerprint density at radius 2 is 1.76 bits per heavy atom. The van der Waals surface area contributed by atoms with E-state index in [4.69, 9.17) is 9.97 Å². The lowest BCUT2D eigenvalue weighted by Crippen LogP contribution is -2.21. The molecule has 0 saturated carbocycles. The smallest absolute Gasteiger partial charge is 0.262 e. The average molecular weight is 398 g/mol. The summed E-state index contributed by atoms with van der Waals surface area (Å²) in [6.07, 6.45) is 2.50. The Bertz CT molecular complexity index is 1390. The van der Waals surface area contributed by atoms with Crippen LogP contribution in [0.3, 0.4) is 0 Å². The van der Waals surface area contributed by atoms with Gasteiger partial charge in [0.1, 0.15) is 10.7 Å². The number of para-hydroxylation sites is 1. The molecule has 142 valence electrons. The van der Waals surface area contributed by atoms with Crippen LogP contribution in [0, 0.1) is 0 Å². The number of benzene rings is 2. The Hall–Kier alpha value is -3.38. The van der Waals surface area contributed by atoms with Gasteiger partial charge in [0.2, 0.25) is 0 Å². The molecule has 0 N–H and O–H groups in total. The topological polar surface area (TPSA) is 60.7 Å². The Morgan fingerprint density at radius 1 is 0.966 bits per heavy atom. The summed E-state index contributed by atoms with van der Waals surface area (Å²) in [5, 5.41) is 1.66. The molecule has 0 saturated heterocycles. The van der Waals surface area contributed by atoms with Gasteiger partial charge < -0.3 is 0 Å². The Balaban J connectivity index is 1.64. The predicted molar refractivity (Wildman–Crippen MR) is 117 cm³/mol. The van der Waals surface area contributed by atoms with E-state index in [1.165, 1.54) is 0 Å². The van der Waals surface area contributed by atoms with Crippen molar-refractivity contribution in [3.63, 3.8) is 0 Å². The van der Waals surface area contributed by atoms with E-state index >= 15 is 0 Å². The third kappa shape index (κ3) is 3.21. The molecule has 5 aromatic rings. The molecular weight excluding hydrogens is 380 g/mol. The Kier molecular flexibility index (Phi) is 4.41. The minimum Gasteiger partial charge on any atom is -0.291 e. The monoisotopic (exact) mass is 398 g/mol. The van der Waals surface area contributed by atoms with Crippen molar-refractivity contribution in [2.45, 2.75) is 19.9 Å². The second-order valence-electron chi connectivity index (χ2n) is 6.83. The van der Waals surface area contributed by atoms with Gasteiger partial charge >= 0.3 is 0 Å². The lowest BCUT2D eigenvalue weighted by molar-refractivity contribution is 0.712. The fraction of sp³-hybridized carbons (Fsp3) is 0.130.